The molecule has 1 aromatic heterocycles. The Morgan fingerprint density at radius 1 is 1.30 bits per heavy atom. The molecule has 9 heteroatoms. The van der Waals surface area contributed by atoms with Crippen LogP contribution in [0, 0.1) is 0 Å². The lowest BCUT2D eigenvalue weighted by Crippen LogP contribution is -2.39. The normalized spacial score (nSPS) is 18.8. The minimum absolute atomic E-state index is 0.0341. The lowest BCUT2D eigenvalue weighted by atomic mass is 9.94. The molecular weight excluding hydrogens is 438 g/mol. The van der Waals surface area contributed by atoms with E-state index in [1.54, 1.807) is 28.6 Å². The van der Waals surface area contributed by atoms with Gasteiger partial charge in [0, 0.05) is 23.2 Å². The average molecular weight is 460 g/mol. The summed E-state index contributed by atoms with van der Waals surface area (Å²) in [5.74, 6) is 0.214. The van der Waals surface area contributed by atoms with Gasteiger partial charge in [-0.25, -0.2) is 4.98 Å². The molecule has 6 nitrogen and oxygen atoms in total. The third kappa shape index (κ3) is 4.91. The first kappa shape index (κ1) is 21.0. The molecule has 1 aliphatic carbocycles. The zero-order chi connectivity index (χ0) is 20.9. The number of carbonyl (C=O) groups excluding carboxylic acids is 2. The van der Waals surface area contributed by atoms with Crippen LogP contribution >= 0.6 is 35.3 Å². The summed E-state index contributed by atoms with van der Waals surface area (Å²) in [5, 5.41) is 5.00. The van der Waals surface area contributed by atoms with Crippen LogP contribution in [-0.4, -0.2) is 38.7 Å². The smallest absolute Gasteiger partial charge is 0.266 e. The molecule has 1 aliphatic heterocycles. The summed E-state index contributed by atoms with van der Waals surface area (Å²) in [6.45, 7) is -0.145. The van der Waals surface area contributed by atoms with Crippen LogP contribution in [0.3, 0.4) is 0 Å². The number of carbonyl (C=O) groups is 2. The summed E-state index contributed by atoms with van der Waals surface area (Å²) in [5.41, 5.74) is 0.740. The first-order valence-corrected chi connectivity index (χ1v) is 11.9. The first-order chi connectivity index (χ1) is 14.6. The second-order valence-electron chi connectivity index (χ2n) is 7.06. The number of nitrogens with one attached hydrogen (secondary N) is 1. The monoisotopic (exact) mass is 459 g/mol. The van der Waals surface area contributed by atoms with Crippen molar-refractivity contribution in [2.75, 3.05) is 11.9 Å². The zero-order valence-corrected chi connectivity index (χ0v) is 18.7. The molecule has 1 N–H and O–H groups in total. The number of thiazole rings is 1. The van der Waals surface area contributed by atoms with Gasteiger partial charge in [0.05, 0.1) is 4.91 Å². The van der Waals surface area contributed by atoms with E-state index in [4.69, 9.17) is 17.0 Å². The van der Waals surface area contributed by atoms with E-state index in [9.17, 15) is 9.59 Å². The third-order valence-corrected chi connectivity index (χ3v) is 7.03. The molecule has 1 saturated carbocycles. The molecule has 2 aliphatic rings. The Labute approximate surface area is 188 Å². The highest BCUT2D eigenvalue weighted by Gasteiger charge is 2.37. The molecule has 156 valence electrons. The summed E-state index contributed by atoms with van der Waals surface area (Å²) in [7, 11) is 0. The molecule has 2 fully saturated rings. The molecule has 30 heavy (non-hydrogen) atoms. The average Bonchev–Trinajstić information content (AvgIpc) is 3.35. The minimum atomic E-state index is -0.289. The summed E-state index contributed by atoms with van der Waals surface area (Å²) in [6.07, 6.45) is 8.94. The third-order valence-electron chi connectivity index (χ3n) is 5.01. The van der Waals surface area contributed by atoms with Crippen LogP contribution in [0.15, 0.2) is 40.7 Å². The standard InChI is InChI=1S/C21H21N3O3S3/c25-18(23-20-22-10-11-29-20)13-27-16-9-5-4-6-14(16)12-17-19(26)24(21(28)30-17)15-7-2-1-3-8-15/h4-6,9-12,15H,1-3,7-8,13H2,(H,22,23,25). The second kappa shape index (κ2) is 9.72. The number of nitrogens with zero attached hydrogens (tertiary/aromatic N) is 2. The summed E-state index contributed by atoms with van der Waals surface area (Å²) in [6, 6.07) is 7.55. The van der Waals surface area contributed by atoms with Gasteiger partial charge >= 0.3 is 0 Å². The van der Waals surface area contributed by atoms with E-state index in [0.717, 1.165) is 31.2 Å². The van der Waals surface area contributed by atoms with Crippen molar-refractivity contribution in [3.63, 3.8) is 0 Å². The number of thiocarbonyl (C=S) groups is 1. The predicted molar refractivity (Wildman–Crippen MR) is 125 cm³/mol. The SMILES string of the molecule is O=C(COc1ccccc1C=C1SC(=S)N(C2CCCCC2)C1=O)Nc1nccs1. The van der Waals surface area contributed by atoms with E-state index in [1.165, 1.54) is 29.5 Å². The fraction of sp³-hybridized carbons (Fsp3) is 0.333. The van der Waals surface area contributed by atoms with Crippen molar-refractivity contribution >= 4 is 62.7 Å². The van der Waals surface area contributed by atoms with Crippen LogP contribution in [0.2, 0.25) is 0 Å². The molecular formula is C21H21N3O3S3. The second-order valence-corrected chi connectivity index (χ2v) is 9.63. The van der Waals surface area contributed by atoms with Crippen LogP contribution in [0.25, 0.3) is 6.08 Å². The Hall–Kier alpha value is -2.23. The van der Waals surface area contributed by atoms with Gasteiger partial charge < -0.3 is 4.74 Å². The molecule has 0 bridgehead atoms. The van der Waals surface area contributed by atoms with Crippen LogP contribution in [0.1, 0.15) is 37.7 Å². The Bertz CT molecular complexity index is 969. The highest BCUT2D eigenvalue weighted by Crippen LogP contribution is 2.38. The van der Waals surface area contributed by atoms with Gasteiger partial charge in [-0.3, -0.25) is 19.8 Å². The number of rotatable bonds is 6. The molecule has 1 saturated heterocycles. The van der Waals surface area contributed by atoms with Gasteiger partial charge in [-0.2, -0.15) is 0 Å². The van der Waals surface area contributed by atoms with Crippen LogP contribution in [-0.2, 0) is 9.59 Å². The van der Waals surface area contributed by atoms with Crippen LogP contribution < -0.4 is 10.1 Å². The minimum Gasteiger partial charge on any atom is -0.483 e. The van der Waals surface area contributed by atoms with Gasteiger partial charge in [0.15, 0.2) is 11.7 Å². The highest BCUT2D eigenvalue weighted by molar-refractivity contribution is 8.26. The number of para-hydroxylation sites is 1. The van der Waals surface area contributed by atoms with Crippen molar-refractivity contribution in [1.29, 1.82) is 0 Å². The van der Waals surface area contributed by atoms with E-state index in [2.05, 4.69) is 10.3 Å². The van der Waals surface area contributed by atoms with E-state index in [-0.39, 0.29) is 24.5 Å². The maximum atomic E-state index is 13.0. The topological polar surface area (TPSA) is 71.5 Å². The molecule has 2 heterocycles. The van der Waals surface area contributed by atoms with Crippen molar-refractivity contribution < 1.29 is 14.3 Å². The van der Waals surface area contributed by atoms with Crippen molar-refractivity contribution in [2.45, 2.75) is 38.1 Å². The number of amides is 2. The molecule has 2 aromatic rings. The number of aromatic nitrogens is 1. The van der Waals surface area contributed by atoms with Crippen molar-refractivity contribution in [3.05, 3.63) is 46.3 Å². The van der Waals surface area contributed by atoms with Crippen LogP contribution in [0.4, 0.5) is 5.13 Å². The Morgan fingerprint density at radius 2 is 2.10 bits per heavy atom. The molecule has 4 rings (SSSR count). The van der Waals surface area contributed by atoms with Crippen molar-refractivity contribution in [3.8, 4) is 5.75 Å². The lowest BCUT2D eigenvalue weighted by molar-refractivity contribution is -0.124. The number of ether oxygens (including phenoxy) is 1. The number of hydrogen-bond donors (Lipinski definition) is 1. The Kier molecular flexibility index (Phi) is 6.81. The van der Waals surface area contributed by atoms with Gasteiger partial charge in [-0.05, 0) is 25.0 Å². The van der Waals surface area contributed by atoms with Gasteiger partial charge in [-0.15, -0.1) is 11.3 Å². The van der Waals surface area contributed by atoms with Gasteiger partial charge in [0.2, 0.25) is 0 Å². The van der Waals surface area contributed by atoms with E-state index >= 15 is 0 Å². The summed E-state index contributed by atoms with van der Waals surface area (Å²) < 4.78 is 6.34. The number of benzene rings is 1. The Morgan fingerprint density at radius 3 is 2.87 bits per heavy atom. The van der Waals surface area contributed by atoms with E-state index < -0.39 is 0 Å². The maximum Gasteiger partial charge on any atom is 0.266 e. The van der Waals surface area contributed by atoms with Crippen LogP contribution in [0.5, 0.6) is 5.75 Å². The van der Waals surface area contributed by atoms with Gasteiger partial charge in [0.1, 0.15) is 10.1 Å². The largest absolute Gasteiger partial charge is 0.483 e. The van der Waals surface area contributed by atoms with Crippen molar-refractivity contribution in [2.24, 2.45) is 0 Å². The lowest BCUT2D eigenvalue weighted by Gasteiger charge is -2.29. The van der Waals surface area contributed by atoms with E-state index in [0.29, 0.717) is 20.1 Å². The fourth-order valence-corrected chi connectivity index (χ4v) is 5.53. The molecule has 2 amide bonds. The number of thioether (sulfide) groups is 1. The predicted octanol–water partition coefficient (Wildman–Crippen LogP) is 4.69. The maximum absolute atomic E-state index is 13.0. The number of hydrogen-bond acceptors (Lipinski definition) is 7. The summed E-state index contributed by atoms with van der Waals surface area (Å²) >= 11 is 8.18. The van der Waals surface area contributed by atoms with E-state index in [1.807, 2.05) is 18.2 Å². The van der Waals surface area contributed by atoms with Gasteiger partial charge in [0.25, 0.3) is 11.8 Å². The van der Waals surface area contributed by atoms with Crippen molar-refractivity contribution in [1.82, 2.24) is 9.88 Å². The first-order valence-electron chi connectivity index (χ1n) is 9.80. The quantitative estimate of drug-likeness (QED) is 0.499. The summed E-state index contributed by atoms with van der Waals surface area (Å²) in [4.78, 5) is 31.5. The zero-order valence-electron chi connectivity index (χ0n) is 16.2. The Balaban J connectivity index is 1.45. The van der Waals surface area contributed by atoms with Gasteiger partial charge in [-0.1, -0.05) is 61.4 Å². The molecule has 0 atom stereocenters. The molecule has 0 radical (unpaired) electrons. The fourth-order valence-electron chi connectivity index (χ4n) is 3.59. The highest BCUT2D eigenvalue weighted by atomic mass is 32.2. The number of anilines is 1. The molecule has 0 unspecified atom stereocenters. The molecule has 1 aromatic carbocycles. The molecule has 0 spiro atoms.